The van der Waals surface area contributed by atoms with E-state index in [4.69, 9.17) is 0 Å². The first-order chi connectivity index (χ1) is 11.2. The zero-order valence-electron chi connectivity index (χ0n) is 13.9. The van der Waals surface area contributed by atoms with Crippen LogP contribution in [-0.2, 0) is 0 Å². The Labute approximate surface area is 139 Å². The fourth-order valence-corrected chi connectivity index (χ4v) is 5.81. The van der Waals surface area contributed by atoms with E-state index >= 15 is 0 Å². The molecule has 0 radical (unpaired) electrons. The lowest BCUT2D eigenvalue weighted by Gasteiger charge is -2.28. The molecule has 0 amide bonds. The van der Waals surface area contributed by atoms with Gasteiger partial charge in [-0.25, -0.2) is 8.78 Å². The molecule has 0 aromatic heterocycles. The molecule has 0 fully saturated rings. The molecule has 23 heavy (non-hydrogen) atoms. The predicted octanol–water partition coefficient (Wildman–Crippen LogP) is 5.76. The minimum Gasteiger partial charge on any atom is -0.207 e. The summed E-state index contributed by atoms with van der Waals surface area (Å²) in [6, 6.07) is 13.7. The highest BCUT2D eigenvalue weighted by atomic mass is 31.1. The summed E-state index contributed by atoms with van der Waals surface area (Å²) in [7, 11) is -0.589. The van der Waals surface area contributed by atoms with Crippen molar-refractivity contribution >= 4 is 18.5 Å². The second kappa shape index (κ2) is 9.13. The smallest absolute Gasteiger partial charge is 0.123 e. The van der Waals surface area contributed by atoms with E-state index in [-0.39, 0.29) is 11.6 Å². The van der Waals surface area contributed by atoms with Crippen molar-refractivity contribution in [2.45, 2.75) is 51.6 Å². The third kappa shape index (κ3) is 5.11. The van der Waals surface area contributed by atoms with Crippen LogP contribution < -0.4 is 10.6 Å². The summed E-state index contributed by atoms with van der Waals surface area (Å²) in [4.78, 5) is 0. The van der Waals surface area contributed by atoms with E-state index in [1.54, 1.807) is 0 Å². The monoisotopic (exact) mass is 334 g/mol. The third-order valence-electron chi connectivity index (χ3n) is 4.19. The first-order valence-corrected chi connectivity index (χ1v) is 9.87. The summed E-state index contributed by atoms with van der Waals surface area (Å²) in [5.74, 6) is -0.413. The van der Waals surface area contributed by atoms with Crippen LogP contribution in [-0.4, -0.2) is 5.66 Å². The summed E-state index contributed by atoms with van der Waals surface area (Å²) in [5.41, 5.74) is 0.549. The van der Waals surface area contributed by atoms with Crippen LogP contribution >= 0.6 is 7.92 Å². The summed E-state index contributed by atoms with van der Waals surface area (Å²) in [5, 5.41) is 2.35. The molecule has 0 nitrogen and oxygen atoms in total. The van der Waals surface area contributed by atoms with Crippen LogP contribution in [0.1, 0.15) is 46.0 Å². The van der Waals surface area contributed by atoms with Crippen molar-refractivity contribution in [3.63, 3.8) is 0 Å². The summed E-state index contributed by atoms with van der Waals surface area (Å²) in [6.07, 6.45) is 5.93. The third-order valence-corrected chi connectivity index (χ3v) is 7.25. The molecule has 124 valence electrons. The average Bonchev–Trinajstić information content (AvgIpc) is 2.57. The van der Waals surface area contributed by atoms with Crippen molar-refractivity contribution in [3.05, 3.63) is 60.2 Å². The van der Waals surface area contributed by atoms with Crippen LogP contribution in [0.4, 0.5) is 8.78 Å². The number of hydrogen-bond donors (Lipinski definition) is 0. The molecular formula is C20H25F2P. The number of hydrogen-bond acceptors (Lipinski definition) is 0. The molecule has 2 aromatic carbocycles. The largest absolute Gasteiger partial charge is 0.207 e. The molecule has 0 heterocycles. The molecule has 0 aliphatic carbocycles. The van der Waals surface area contributed by atoms with E-state index < -0.39 is 7.92 Å². The van der Waals surface area contributed by atoms with E-state index in [2.05, 4.69) is 13.8 Å². The van der Waals surface area contributed by atoms with Gasteiger partial charge < -0.3 is 0 Å². The van der Waals surface area contributed by atoms with Crippen LogP contribution in [0.2, 0.25) is 0 Å². The van der Waals surface area contributed by atoms with Crippen molar-refractivity contribution in [1.82, 2.24) is 0 Å². The number of halogens is 2. The molecule has 0 aliphatic heterocycles. The molecule has 0 bridgehead atoms. The maximum absolute atomic E-state index is 13.3. The zero-order chi connectivity index (χ0) is 16.7. The van der Waals surface area contributed by atoms with Gasteiger partial charge in [-0.2, -0.15) is 0 Å². The normalized spacial score (nSPS) is 12.6. The van der Waals surface area contributed by atoms with Crippen molar-refractivity contribution in [2.75, 3.05) is 0 Å². The Morgan fingerprint density at radius 1 is 0.783 bits per heavy atom. The van der Waals surface area contributed by atoms with E-state index in [1.165, 1.54) is 60.6 Å². The second-order valence-electron chi connectivity index (χ2n) is 5.88. The molecule has 2 rings (SSSR count). The van der Waals surface area contributed by atoms with Crippen LogP contribution in [0.5, 0.6) is 0 Å². The molecule has 0 saturated heterocycles. The van der Waals surface area contributed by atoms with Crippen molar-refractivity contribution < 1.29 is 8.78 Å². The van der Waals surface area contributed by atoms with Gasteiger partial charge in [0.1, 0.15) is 11.6 Å². The molecule has 0 N–H and O–H groups in total. The van der Waals surface area contributed by atoms with Crippen LogP contribution in [0, 0.1) is 11.6 Å². The molecule has 0 spiro atoms. The molecule has 0 saturated carbocycles. The maximum Gasteiger partial charge on any atom is 0.123 e. The Morgan fingerprint density at radius 3 is 1.65 bits per heavy atom. The average molecular weight is 334 g/mol. The minimum atomic E-state index is -0.589. The van der Waals surface area contributed by atoms with Gasteiger partial charge in [-0.1, -0.05) is 57.4 Å². The first kappa shape index (κ1) is 18.1. The molecule has 2 aromatic rings. The highest BCUT2D eigenvalue weighted by Crippen LogP contribution is 2.43. The Balaban J connectivity index is 2.32. The lowest BCUT2D eigenvalue weighted by molar-refractivity contribution is 0.627. The van der Waals surface area contributed by atoms with Crippen LogP contribution in [0.25, 0.3) is 0 Å². The minimum absolute atomic E-state index is 0.207. The van der Waals surface area contributed by atoms with Crippen molar-refractivity contribution in [1.29, 1.82) is 0 Å². The van der Waals surface area contributed by atoms with Gasteiger partial charge in [-0.15, -0.1) is 0 Å². The van der Waals surface area contributed by atoms with Gasteiger partial charge in [0.05, 0.1) is 0 Å². The molecular weight excluding hydrogens is 309 g/mol. The highest BCUT2D eigenvalue weighted by Gasteiger charge is 2.23. The zero-order valence-corrected chi connectivity index (χ0v) is 14.8. The quantitative estimate of drug-likeness (QED) is 0.425. The topological polar surface area (TPSA) is 0 Å². The maximum atomic E-state index is 13.3. The lowest BCUT2D eigenvalue weighted by atomic mass is 10.1. The second-order valence-corrected chi connectivity index (χ2v) is 8.38. The molecule has 0 aliphatic rings. The van der Waals surface area contributed by atoms with Gasteiger partial charge in [0.25, 0.3) is 0 Å². The Morgan fingerprint density at radius 2 is 1.26 bits per heavy atom. The number of benzene rings is 2. The fourth-order valence-electron chi connectivity index (χ4n) is 2.92. The Hall–Kier alpha value is -1.27. The lowest BCUT2D eigenvalue weighted by Crippen LogP contribution is -2.21. The fraction of sp³-hybridized carbons (Fsp3) is 0.400. The van der Waals surface area contributed by atoms with E-state index in [0.717, 1.165) is 6.42 Å². The van der Waals surface area contributed by atoms with E-state index in [9.17, 15) is 8.78 Å². The summed E-state index contributed by atoms with van der Waals surface area (Å²) >= 11 is 0. The highest BCUT2D eigenvalue weighted by molar-refractivity contribution is 7.73. The number of unbranched alkanes of at least 4 members (excludes halogenated alkanes) is 2. The van der Waals surface area contributed by atoms with E-state index in [0.29, 0.717) is 5.66 Å². The Bertz CT molecular complexity index is 532. The standard InChI is InChI=1S/C20H25F2P/c1-3-5-6-7-18(4-2)23(19-12-8-16(21)9-13-19)20-14-10-17(22)11-15-20/h8-15,18H,3-7H2,1-2H3. The summed E-state index contributed by atoms with van der Waals surface area (Å²) < 4.78 is 26.6. The first-order valence-electron chi connectivity index (χ1n) is 8.46. The Kier molecular flexibility index (Phi) is 7.17. The van der Waals surface area contributed by atoms with Crippen LogP contribution in [0.15, 0.2) is 48.5 Å². The van der Waals surface area contributed by atoms with Gasteiger partial charge in [0, 0.05) is 0 Å². The molecule has 1 unspecified atom stereocenters. The molecule has 1 atom stereocenters. The number of rotatable bonds is 8. The summed E-state index contributed by atoms with van der Waals surface area (Å²) in [6.45, 7) is 4.43. The van der Waals surface area contributed by atoms with Gasteiger partial charge >= 0.3 is 0 Å². The van der Waals surface area contributed by atoms with E-state index in [1.807, 2.05) is 24.3 Å². The van der Waals surface area contributed by atoms with Crippen molar-refractivity contribution in [3.8, 4) is 0 Å². The SMILES string of the molecule is CCCCCC(CC)P(c1ccc(F)cc1)c1ccc(F)cc1. The predicted molar refractivity (Wildman–Crippen MR) is 97.2 cm³/mol. The van der Waals surface area contributed by atoms with Crippen LogP contribution in [0.3, 0.4) is 0 Å². The molecule has 3 heteroatoms. The van der Waals surface area contributed by atoms with Gasteiger partial charge in [0.2, 0.25) is 0 Å². The van der Waals surface area contributed by atoms with Gasteiger partial charge in [0.15, 0.2) is 0 Å². The van der Waals surface area contributed by atoms with Gasteiger partial charge in [-0.3, -0.25) is 0 Å². The van der Waals surface area contributed by atoms with Gasteiger partial charge in [-0.05, 0) is 61.3 Å². The van der Waals surface area contributed by atoms with Crippen molar-refractivity contribution in [2.24, 2.45) is 0 Å².